The van der Waals surface area contributed by atoms with Gasteiger partial charge in [0.2, 0.25) is 0 Å². The lowest BCUT2D eigenvalue weighted by Crippen LogP contribution is -2.49. The molecule has 0 aliphatic heterocycles. The summed E-state index contributed by atoms with van der Waals surface area (Å²) < 4.78 is 22.2. The Bertz CT molecular complexity index is 357. The highest BCUT2D eigenvalue weighted by molar-refractivity contribution is 6.62. The molecule has 0 aliphatic carbocycles. The third kappa shape index (κ3) is 2.75. The van der Waals surface area contributed by atoms with Crippen LogP contribution in [0.1, 0.15) is 24.4 Å². The predicted octanol–water partition coefficient (Wildman–Crippen LogP) is 2.61. The SMILES string of the molecule is CCC(c1ccccc1OC)[Si](OC)(OC)OC. The molecule has 0 saturated heterocycles. The molecule has 0 amide bonds. The highest BCUT2D eigenvalue weighted by Gasteiger charge is 2.48. The van der Waals surface area contributed by atoms with E-state index in [1.807, 2.05) is 24.3 Å². The van der Waals surface area contributed by atoms with Crippen molar-refractivity contribution in [3.05, 3.63) is 29.8 Å². The first-order valence-electron chi connectivity index (χ1n) is 5.97. The summed E-state index contributed by atoms with van der Waals surface area (Å²) in [6, 6.07) is 7.91. The van der Waals surface area contributed by atoms with Gasteiger partial charge in [-0.2, -0.15) is 0 Å². The lowest BCUT2D eigenvalue weighted by atomic mass is 10.1. The fourth-order valence-corrected chi connectivity index (χ4v) is 4.76. The van der Waals surface area contributed by atoms with E-state index in [1.165, 1.54) is 0 Å². The van der Waals surface area contributed by atoms with Crippen molar-refractivity contribution < 1.29 is 18.0 Å². The fourth-order valence-electron chi connectivity index (χ4n) is 2.29. The molecule has 0 bridgehead atoms. The van der Waals surface area contributed by atoms with Crippen LogP contribution in [0.3, 0.4) is 0 Å². The number of ether oxygens (including phenoxy) is 1. The molecule has 1 atom stereocenters. The second kappa shape index (κ2) is 6.89. The molecule has 0 fully saturated rings. The van der Waals surface area contributed by atoms with Crippen LogP contribution in [0.4, 0.5) is 0 Å². The zero-order valence-electron chi connectivity index (χ0n) is 11.7. The van der Waals surface area contributed by atoms with Crippen molar-refractivity contribution in [2.45, 2.75) is 18.9 Å². The average Bonchev–Trinajstić information content (AvgIpc) is 2.45. The Morgan fingerprint density at radius 2 is 1.56 bits per heavy atom. The van der Waals surface area contributed by atoms with Crippen LogP contribution >= 0.6 is 0 Å². The van der Waals surface area contributed by atoms with Crippen molar-refractivity contribution in [2.75, 3.05) is 28.4 Å². The summed E-state index contributed by atoms with van der Waals surface area (Å²) in [6.07, 6.45) is 0.863. The Morgan fingerprint density at radius 3 is 2.00 bits per heavy atom. The predicted molar refractivity (Wildman–Crippen MR) is 72.8 cm³/mol. The summed E-state index contributed by atoms with van der Waals surface area (Å²) >= 11 is 0. The molecular weight excluding hydrogens is 248 g/mol. The van der Waals surface area contributed by atoms with Crippen LogP contribution in [-0.4, -0.2) is 37.2 Å². The molecule has 0 spiro atoms. The van der Waals surface area contributed by atoms with Crippen LogP contribution in [-0.2, 0) is 13.3 Å². The van der Waals surface area contributed by atoms with Crippen LogP contribution in [0.25, 0.3) is 0 Å². The van der Waals surface area contributed by atoms with Crippen LogP contribution in [0, 0.1) is 0 Å². The molecule has 1 unspecified atom stereocenters. The van der Waals surface area contributed by atoms with E-state index in [0.29, 0.717) is 0 Å². The standard InChI is InChI=1S/C13H22O4Si/c1-6-13(18(15-3,16-4)17-5)11-9-7-8-10-12(11)14-2/h7-10,13H,6H2,1-5H3. The smallest absolute Gasteiger partial charge is 0.496 e. The van der Waals surface area contributed by atoms with Gasteiger partial charge in [-0.1, -0.05) is 25.1 Å². The first-order valence-corrected chi connectivity index (χ1v) is 7.77. The maximum atomic E-state index is 5.58. The summed E-state index contributed by atoms with van der Waals surface area (Å²) in [4.78, 5) is 0. The van der Waals surface area contributed by atoms with Gasteiger partial charge in [-0.3, -0.25) is 0 Å². The highest BCUT2D eigenvalue weighted by atomic mass is 28.4. The van der Waals surface area contributed by atoms with Gasteiger partial charge in [0.1, 0.15) is 5.75 Å². The second-order valence-electron chi connectivity index (χ2n) is 3.92. The second-order valence-corrected chi connectivity index (χ2v) is 7.05. The van der Waals surface area contributed by atoms with Crippen molar-refractivity contribution >= 4 is 8.80 Å². The summed E-state index contributed by atoms with van der Waals surface area (Å²) in [5.41, 5.74) is 1.13. The first-order chi connectivity index (χ1) is 8.68. The Hall–Kier alpha value is -0.883. The van der Waals surface area contributed by atoms with Crippen molar-refractivity contribution in [3.63, 3.8) is 0 Å². The van der Waals surface area contributed by atoms with Crippen LogP contribution in [0.2, 0.25) is 0 Å². The van der Waals surface area contributed by atoms with Crippen LogP contribution < -0.4 is 4.74 Å². The van der Waals surface area contributed by atoms with E-state index in [1.54, 1.807) is 28.4 Å². The lowest BCUT2D eigenvalue weighted by Gasteiger charge is -2.32. The van der Waals surface area contributed by atoms with Gasteiger partial charge < -0.3 is 18.0 Å². The van der Waals surface area contributed by atoms with E-state index in [0.717, 1.165) is 17.7 Å². The molecule has 0 N–H and O–H groups in total. The monoisotopic (exact) mass is 270 g/mol. The van der Waals surface area contributed by atoms with Gasteiger partial charge in [0, 0.05) is 26.9 Å². The number of methoxy groups -OCH3 is 1. The summed E-state index contributed by atoms with van der Waals surface area (Å²) in [5, 5.41) is 0. The third-order valence-electron chi connectivity index (χ3n) is 3.20. The molecule has 0 saturated carbocycles. The van der Waals surface area contributed by atoms with Crippen molar-refractivity contribution in [1.82, 2.24) is 0 Å². The van der Waals surface area contributed by atoms with Crippen LogP contribution in [0.15, 0.2) is 24.3 Å². The van der Waals surface area contributed by atoms with E-state index < -0.39 is 8.80 Å². The van der Waals surface area contributed by atoms with Gasteiger partial charge in [0.25, 0.3) is 0 Å². The minimum Gasteiger partial charge on any atom is -0.496 e. The van der Waals surface area contributed by atoms with E-state index in [9.17, 15) is 0 Å². The Kier molecular flexibility index (Phi) is 5.81. The van der Waals surface area contributed by atoms with Crippen molar-refractivity contribution in [3.8, 4) is 5.75 Å². The maximum Gasteiger partial charge on any atom is 0.508 e. The molecule has 4 nitrogen and oxygen atoms in total. The van der Waals surface area contributed by atoms with Gasteiger partial charge >= 0.3 is 8.80 Å². The number of para-hydroxylation sites is 1. The third-order valence-corrected chi connectivity index (χ3v) is 6.48. The number of benzene rings is 1. The Morgan fingerprint density at radius 1 is 1.00 bits per heavy atom. The molecule has 18 heavy (non-hydrogen) atoms. The molecule has 0 radical (unpaired) electrons. The minimum absolute atomic E-state index is 0.0636. The quantitative estimate of drug-likeness (QED) is 0.714. The molecular formula is C13H22O4Si. The average molecular weight is 270 g/mol. The number of rotatable bonds is 7. The van der Waals surface area contributed by atoms with Crippen molar-refractivity contribution in [2.24, 2.45) is 0 Å². The van der Waals surface area contributed by atoms with E-state index in [2.05, 4.69) is 6.92 Å². The van der Waals surface area contributed by atoms with Crippen molar-refractivity contribution in [1.29, 1.82) is 0 Å². The Balaban J connectivity index is 3.23. The van der Waals surface area contributed by atoms with E-state index in [4.69, 9.17) is 18.0 Å². The van der Waals surface area contributed by atoms with Gasteiger partial charge in [-0.05, 0) is 12.5 Å². The molecule has 1 aromatic carbocycles. The number of hydrogen-bond donors (Lipinski definition) is 0. The van der Waals surface area contributed by atoms with Gasteiger partial charge in [-0.15, -0.1) is 0 Å². The fraction of sp³-hybridized carbons (Fsp3) is 0.538. The zero-order chi connectivity index (χ0) is 13.6. The normalized spacial score (nSPS) is 13.4. The van der Waals surface area contributed by atoms with Crippen LogP contribution in [0.5, 0.6) is 5.75 Å². The minimum atomic E-state index is -2.72. The lowest BCUT2D eigenvalue weighted by molar-refractivity contribution is 0.111. The first kappa shape index (κ1) is 15.2. The molecule has 0 heterocycles. The zero-order valence-corrected chi connectivity index (χ0v) is 12.7. The highest BCUT2D eigenvalue weighted by Crippen LogP contribution is 2.36. The topological polar surface area (TPSA) is 36.9 Å². The molecule has 102 valence electrons. The van der Waals surface area contributed by atoms with Gasteiger partial charge in [0.15, 0.2) is 0 Å². The number of hydrogen-bond acceptors (Lipinski definition) is 4. The maximum absolute atomic E-state index is 5.58. The summed E-state index contributed by atoms with van der Waals surface area (Å²) in [5.74, 6) is 0.840. The molecule has 1 rings (SSSR count). The largest absolute Gasteiger partial charge is 0.508 e. The van der Waals surface area contributed by atoms with E-state index >= 15 is 0 Å². The summed E-state index contributed by atoms with van der Waals surface area (Å²) in [7, 11) is 3.86. The Labute approximate surface area is 110 Å². The molecule has 1 aromatic rings. The molecule has 0 aromatic heterocycles. The molecule has 5 heteroatoms. The van der Waals surface area contributed by atoms with Gasteiger partial charge in [-0.25, -0.2) is 0 Å². The molecule has 0 aliphatic rings. The van der Waals surface area contributed by atoms with Gasteiger partial charge in [0.05, 0.1) is 12.7 Å². The summed E-state index contributed by atoms with van der Waals surface area (Å²) in [6.45, 7) is 2.09. The van der Waals surface area contributed by atoms with E-state index in [-0.39, 0.29) is 5.54 Å².